The van der Waals surface area contributed by atoms with Crippen molar-refractivity contribution in [3.05, 3.63) is 53.1 Å². The quantitative estimate of drug-likeness (QED) is 0.921. The number of likely N-dealkylation sites (tertiary alicyclic amines) is 1. The highest BCUT2D eigenvalue weighted by molar-refractivity contribution is 5.28. The molecule has 0 saturated carbocycles. The van der Waals surface area contributed by atoms with Crippen LogP contribution < -0.4 is 0 Å². The van der Waals surface area contributed by atoms with Crippen molar-refractivity contribution in [1.82, 2.24) is 14.7 Å². The number of benzene rings is 1. The lowest BCUT2D eigenvalue weighted by Crippen LogP contribution is -2.27. The van der Waals surface area contributed by atoms with Gasteiger partial charge >= 0.3 is 0 Å². The van der Waals surface area contributed by atoms with Crippen LogP contribution in [0, 0.1) is 18.7 Å². The number of aromatic nitrogens is 2. The van der Waals surface area contributed by atoms with Gasteiger partial charge in [-0.2, -0.15) is 5.10 Å². The fourth-order valence-corrected chi connectivity index (χ4v) is 3.51. The first-order chi connectivity index (χ1) is 11.0. The Balaban J connectivity index is 1.55. The van der Waals surface area contributed by atoms with Gasteiger partial charge in [0.25, 0.3) is 0 Å². The second-order valence-electron chi connectivity index (χ2n) is 6.66. The summed E-state index contributed by atoms with van der Waals surface area (Å²) in [4.78, 5) is 2.30. The first kappa shape index (κ1) is 16.1. The zero-order valence-electron chi connectivity index (χ0n) is 13.7. The lowest BCUT2D eigenvalue weighted by Gasteiger charge is -2.21. The van der Waals surface area contributed by atoms with Crippen molar-refractivity contribution >= 4 is 0 Å². The second-order valence-corrected chi connectivity index (χ2v) is 6.66. The van der Waals surface area contributed by atoms with Gasteiger partial charge in [-0.05, 0) is 61.1 Å². The second kappa shape index (κ2) is 6.81. The lowest BCUT2D eigenvalue weighted by molar-refractivity contribution is 0.123. The van der Waals surface area contributed by atoms with Crippen LogP contribution in [-0.2, 0) is 13.5 Å². The molecule has 1 aromatic heterocycles. The van der Waals surface area contributed by atoms with Crippen LogP contribution in [0.25, 0.3) is 0 Å². The Bertz CT molecular complexity index is 670. The van der Waals surface area contributed by atoms with Crippen LogP contribution in [0.15, 0.2) is 30.6 Å². The maximum Gasteiger partial charge on any atom is 0.123 e. The Labute approximate surface area is 136 Å². The minimum Gasteiger partial charge on any atom is -0.387 e. The van der Waals surface area contributed by atoms with Gasteiger partial charge in [0.2, 0.25) is 0 Å². The number of hydrogen-bond acceptors (Lipinski definition) is 3. The lowest BCUT2D eigenvalue weighted by atomic mass is 10.0. The van der Waals surface area contributed by atoms with Crippen molar-refractivity contribution in [2.75, 3.05) is 19.6 Å². The molecule has 2 atom stereocenters. The predicted octanol–water partition coefficient (Wildman–Crippen LogP) is 2.47. The number of aliphatic hydroxyl groups is 1. The van der Waals surface area contributed by atoms with Crippen LogP contribution in [0.2, 0.25) is 0 Å². The summed E-state index contributed by atoms with van der Waals surface area (Å²) in [6, 6.07) is 4.59. The van der Waals surface area contributed by atoms with Gasteiger partial charge in [0.15, 0.2) is 0 Å². The molecular weight excluding hydrogens is 293 g/mol. The van der Waals surface area contributed by atoms with E-state index < -0.39 is 6.10 Å². The molecule has 2 aromatic rings. The SMILES string of the molecule is Cc1cc(F)ccc1C(O)CN1CCC(Cc2cnn(C)c2)C1. The third kappa shape index (κ3) is 3.98. The van der Waals surface area contributed by atoms with E-state index in [1.54, 1.807) is 6.07 Å². The Morgan fingerprint density at radius 1 is 1.43 bits per heavy atom. The van der Waals surface area contributed by atoms with Gasteiger partial charge in [0.05, 0.1) is 12.3 Å². The predicted molar refractivity (Wildman–Crippen MR) is 87.6 cm³/mol. The number of hydrogen-bond donors (Lipinski definition) is 1. The van der Waals surface area contributed by atoms with Gasteiger partial charge in [0, 0.05) is 26.3 Å². The number of halogens is 1. The van der Waals surface area contributed by atoms with Crippen molar-refractivity contribution in [2.45, 2.75) is 25.9 Å². The molecule has 23 heavy (non-hydrogen) atoms. The van der Waals surface area contributed by atoms with E-state index >= 15 is 0 Å². The molecule has 3 rings (SSSR count). The fourth-order valence-electron chi connectivity index (χ4n) is 3.51. The van der Waals surface area contributed by atoms with Crippen LogP contribution in [0.3, 0.4) is 0 Å². The standard InChI is InChI=1S/C18H24FN3O/c1-13-7-16(19)3-4-17(13)18(23)12-22-6-5-14(11-22)8-15-9-20-21(2)10-15/h3-4,7,9-10,14,18,23H,5-6,8,11-12H2,1-2H3. The third-order valence-corrected chi connectivity index (χ3v) is 4.67. The third-order valence-electron chi connectivity index (χ3n) is 4.67. The van der Waals surface area contributed by atoms with E-state index in [0.29, 0.717) is 12.5 Å². The van der Waals surface area contributed by atoms with Crippen molar-refractivity contribution < 1.29 is 9.50 Å². The minimum atomic E-state index is -0.562. The first-order valence-electron chi connectivity index (χ1n) is 8.15. The Hall–Kier alpha value is -1.72. The highest BCUT2D eigenvalue weighted by atomic mass is 19.1. The molecule has 4 nitrogen and oxygen atoms in total. The van der Waals surface area contributed by atoms with Gasteiger partial charge in [-0.25, -0.2) is 4.39 Å². The van der Waals surface area contributed by atoms with Crippen molar-refractivity contribution in [1.29, 1.82) is 0 Å². The number of β-amino-alcohol motifs (C(OH)–C–C–N with tert-alkyl or cyclic N) is 1. The van der Waals surface area contributed by atoms with Crippen molar-refractivity contribution in [3.63, 3.8) is 0 Å². The highest BCUT2D eigenvalue weighted by Gasteiger charge is 2.25. The summed E-state index contributed by atoms with van der Waals surface area (Å²) < 4.78 is 15.0. The summed E-state index contributed by atoms with van der Waals surface area (Å²) in [7, 11) is 1.94. The molecule has 1 saturated heterocycles. The number of aryl methyl sites for hydroxylation is 2. The van der Waals surface area contributed by atoms with E-state index in [1.165, 1.54) is 17.7 Å². The molecule has 0 bridgehead atoms. The molecule has 0 spiro atoms. The summed E-state index contributed by atoms with van der Waals surface area (Å²) in [5, 5.41) is 14.7. The van der Waals surface area contributed by atoms with Crippen LogP contribution in [0.1, 0.15) is 29.2 Å². The Morgan fingerprint density at radius 3 is 2.96 bits per heavy atom. The summed E-state index contributed by atoms with van der Waals surface area (Å²) in [5.74, 6) is 0.358. The largest absolute Gasteiger partial charge is 0.387 e. The fraction of sp³-hybridized carbons (Fsp3) is 0.500. The molecule has 0 amide bonds. The van der Waals surface area contributed by atoms with Gasteiger partial charge < -0.3 is 10.0 Å². The highest BCUT2D eigenvalue weighted by Crippen LogP contribution is 2.25. The monoisotopic (exact) mass is 317 g/mol. The molecule has 124 valence electrons. The molecule has 1 fully saturated rings. The zero-order valence-corrected chi connectivity index (χ0v) is 13.7. The molecule has 1 N–H and O–H groups in total. The van der Waals surface area contributed by atoms with Gasteiger partial charge in [0.1, 0.15) is 5.82 Å². The van der Waals surface area contributed by atoms with Crippen molar-refractivity contribution in [3.8, 4) is 0 Å². The maximum atomic E-state index is 13.2. The van der Waals surface area contributed by atoms with Gasteiger partial charge in [-0.3, -0.25) is 4.68 Å². The summed E-state index contributed by atoms with van der Waals surface area (Å²) >= 11 is 0. The Kier molecular flexibility index (Phi) is 4.78. The molecule has 0 radical (unpaired) electrons. The van der Waals surface area contributed by atoms with Gasteiger partial charge in [-0.15, -0.1) is 0 Å². The summed E-state index contributed by atoms with van der Waals surface area (Å²) in [5.41, 5.74) is 2.90. The maximum absolute atomic E-state index is 13.2. The molecule has 2 heterocycles. The van der Waals surface area contributed by atoms with E-state index in [4.69, 9.17) is 0 Å². The van der Waals surface area contributed by atoms with Crippen LogP contribution in [-0.4, -0.2) is 39.4 Å². The average molecular weight is 317 g/mol. The topological polar surface area (TPSA) is 41.3 Å². The minimum absolute atomic E-state index is 0.254. The Morgan fingerprint density at radius 2 is 2.26 bits per heavy atom. The van der Waals surface area contributed by atoms with E-state index in [9.17, 15) is 9.50 Å². The first-order valence-corrected chi connectivity index (χ1v) is 8.15. The van der Waals surface area contributed by atoms with Crippen molar-refractivity contribution in [2.24, 2.45) is 13.0 Å². The summed E-state index contributed by atoms with van der Waals surface area (Å²) in [6.45, 7) is 4.45. The average Bonchev–Trinajstić information content (AvgIpc) is 3.08. The summed E-state index contributed by atoms with van der Waals surface area (Å²) in [6.07, 6.45) is 5.62. The molecule has 1 aliphatic rings. The van der Waals surface area contributed by atoms with E-state index in [-0.39, 0.29) is 5.82 Å². The molecule has 1 aliphatic heterocycles. The molecule has 0 aliphatic carbocycles. The number of rotatable bonds is 5. The number of nitrogens with zero attached hydrogens (tertiary/aromatic N) is 3. The van der Waals surface area contributed by atoms with E-state index in [1.807, 2.05) is 24.9 Å². The van der Waals surface area contributed by atoms with Gasteiger partial charge in [-0.1, -0.05) is 6.07 Å². The molecular formula is C18H24FN3O. The van der Waals surface area contributed by atoms with Crippen LogP contribution >= 0.6 is 0 Å². The normalized spacial score (nSPS) is 20.1. The molecule has 5 heteroatoms. The van der Waals surface area contributed by atoms with E-state index in [2.05, 4.69) is 16.2 Å². The zero-order chi connectivity index (χ0) is 16.4. The number of aliphatic hydroxyl groups excluding tert-OH is 1. The molecule has 1 aromatic carbocycles. The van der Waals surface area contributed by atoms with E-state index in [0.717, 1.165) is 37.1 Å². The smallest absolute Gasteiger partial charge is 0.123 e. The van der Waals surface area contributed by atoms with Crippen LogP contribution in [0.4, 0.5) is 4.39 Å². The molecule has 2 unspecified atom stereocenters. The van der Waals surface area contributed by atoms with Crippen LogP contribution in [0.5, 0.6) is 0 Å².